The largest absolute Gasteiger partial charge is 0.475 e. The third kappa shape index (κ3) is 3.71. The second-order valence-corrected chi connectivity index (χ2v) is 3.57. The third-order valence-electron chi connectivity index (χ3n) is 1.73. The Bertz CT molecular complexity index is 314. The van der Waals surface area contributed by atoms with Gasteiger partial charge in [0.15, 0.2) is 0 Å². The first-order valence-electron chi connectivity index (χ1n) is 5.17. The summed E-state index contributed by atoms with van der Waals surface area (Å²) in [5.41, 5.74) is 2.51. The minimum Gasteiger partial charge on any atom is -0.475 e. The zero-order valence-electron chi connectivity index (χ0n) is 9.45. The highest BCUT2D eigenvalue weighted by atomic mass is 16.5. The molecule has 1 heterocycles. The monoisotopic (exact) mass is 210 g/mol. The number of hydrogen-bond acceptors (Lipinski definition) is 5. The molecule has 15 heavy (non-hydrogen) atoms. The number of aromatic nitrogens is 2. The number of nitrogens with one attached hydrogen (secondary N) is 1. The molecule has 3 N–H and O–H groups in total. The Balaban J connectivity index is 2.89. The van der Waals surface area contributed by atoms with Crippen molar-refractivity contribution in [1.82, 2.24) is 9.97 Å². The van der Waals surface area contributed by atoms with Gasteiger partial charge in [-0.3, -0.25) is 0 Å². The molecule has 0 aliphatic rings. The van der Waals surface area contributed by atoms with Gasteiger partial charge in [-0.1, -0.05) is 6.92 Å². The van der Waals surface area contributed by atoms with E-state index >= 15 is 0 Å². The second-order valence-electron chi connectivity index (χ2n) is 3.57. The molecule has 0 fully saturated rings. The number of hydrogen-bond donors (Lipinski definition) is 2. The zero-order chi connectivity index (χ0) is 11.3. The molecule has 0 saturated carbocycles. The van der Waals surface area contributed by atoms with Gasteiger partial charge in [0.2, 0.25) is 5.88 Å². The minimum absolute atomic E-state index is 0.0972. The lowest BCUT2D eigenvalue weighted by Gasteiger charge is -2.11. The highest BCUT2D eigenvalue weighted by Gasteiger charge is 2.05. The highest BCUT2D eigenvalue weighted by Crippen LogP contribution is 2.14. The molecule has 1 aromatic heterocycles. The molecule has 5 heteroatoms. The van der Waals surface area contributed by atoms with E-state index in [4.69, 9.17) is 10.6 Å². The summed E-state index contributed by atoms with van der Waals surface area (Å²) >= 11 is 0. The van der Waals surface area contributed by atoms with Crippen molar-refractivity contribution < 1.29 is 4.74 Å². The molecule has 0 radical (unpaired) electrons. The fourth-order valence-corrected chi connectivity index (χ4v) is 1.18. The van der Waals surface area contributed by atoms with Crippen LogP contribution in [0.3, 0.4) is 0 Å². The molecule has 84 valence electrons. The number of nitrogen functional groups attached to an aromatic ring is 1. The van der Waals surface area contributed by atoms with Gasteiger partial charge >= 0.3 is 0 Å². The summed E-state index contributed by atoms with van der Waals surface area (Å²) in [5.74, 6) is 7.23. The van der Waals surface area contributed by atoms with Crippen molar-refractivity contribution in [3.63, 3.8) is 0 Å². The molecule has 0 aromatic carbocycles. The summed E-state index contributed by atoms with van der Waals surface area (Å²) in [6.45, 7) is 5.99. The molecule has 1 rings (SSSR count). The van der Waals surface area contributed by atoms with Crippen molar-refractivity contribution in [2.24, 2.45) is 5.84 Å². The number of aryl methyl sites for hydroxylation is 1. The first-order chi connectivity index (χ1) is 7.15. The van der Waals surface area contributed by atoms with Crippen LogP contribution in [-0.2, 0) is 6.42 Å². The SMILES string of the molecule is CCCc1nc(NN)cc(OC(C)C)n1. The van der Waals surface area contributed by atoms with Crippen molar-refractivity contribution in [3.05, 3.63) is 11.9 Å². The second kappa shape index (κ2) is 5.50. The molecular weight excluding hydrogens is 192 g/mol. The molecule has 5 nitrogen and oxygen atoms in total. The Morgan fingerprint density at radius 2 is 2.20 bits per heavy atom. The van der Waals surface area contributed by atoms with E-state index in [1.807, 2.05) is 13.8 Å². The summed E-state index contributed by atoms with van der Waals surface area (Å²) in [6.07, 6.45) is 1.92. The maximum absolute atomic E-state index is 5.50. The Labute approximate surface area is 90.0 Å². The average molecular weight is 210 g/mol. The number of rotatable bonds is 5. The van der Waals surface area contributed by atoms with Crippen LogP contribution in [0, 0.1) is 0 Å². The number of hydrazine groups is 1. The lowest BCUT2D eigenvalue weighted by molar-refractivity contribution is 0.231. The van der Waals surface area contributed by atoms with Gasteiger partial charge in [0.25, 0.3) is 0 Å². The predicted octanol–water partition coefficient (Wildman–Crippen LogP) is 1.50. The summed E-state index contributed by atoms with van der Waals surface area (Å²) < 4.78 is 5.50. The Kier molecular flexibility index (Phi) is 4.30. The zero-order valence-corrected chi connectivity index (χ0v) is 9.45. The van der Waals surface area contributed by atoms with Gasteiger partial charge in [0.1, 0.15) is 11.6 Å². The van der Waals surface area contributed by atoms with Gasteiger partial charge in [-0.05, 0) is 20.3 Å². The van der Waals surface area contributed by atoms with Crippen LogP contribution in [0.1, 0.15) is 33.0 Å². The molecule has 1 aromatic rings. The van der Waals surface area contributed by atoms with E-state index in [9.17, 15) is 0 Å². The van der Waals surface area contributed by atoms with Crippen molar-refractivity contribution >= 4 is 5.82 Å². The standard InChI is InChI=1S/C10H18N4O/c1-4-5-8-12-9(14-11)6-10(13-8)15-7(2)3/h6-7H,4-5,11H2,1-3H3,(H,12,13,14). The summed E-state index contributed by atoms with van der Waals surface area (Å²) in [7, 11) is 0. The van der Waals surface area contributed by atoms with E-state index < -0.39 is 0 Å². The van der Waals surface area contributed by atoms with Gasteiger partial charge in [0, 0.05) is 12.5 Å². The Morgan fingerprint density at radius 1 is 1.47 bits per heavy atom. The number of anilines is 1. The number of nitrogens with zero attached hydrogens (tertiary/aromatic N) is 2. The van der Waals surface area contributed by atoms with Crippen LogP contribution in [-0.4, -0.2) is 16.1 Å². The van der Waals surface area contributed by atoms with E-state index in [2.05, 4.69) is 22.3 Å². The van der Waals surface area contributed by atoms with Gasteiger partial charge in [-0.15, -0.1) is 0 Å². The summed E-state index contributed by atoms with van der Waals surface area (Å²) in [6, 6.07) is 1.69. The smallest absolute Gasteiger partial charge is 0.219 e. The van der Waals surface area contributed by atoms with E-state index in [1.165, 1.54) is 0 Å². The maximum Gasteiger partial charge on any atom is 0.219 e. The molecule has 0 bridgehead atoms. The topological polar surface area (TPSA) is 73.1 Å². The normalized spacial score (nSPS) is 10.5. The molecule has 0 spiro atoms. The van der Waals surface area contributed by atoms with Gasteiger partial charge < -0.3 is 10.2 Å². The van der Waals surface area contributed by atoms with Crippen LogP contribution in [0.15, 0.2) is 6.07 Å². The van der Waals surface area contributed by atoms with E-state index in [0.29, 0.717) is 11.7 Å². The Morgan fingerprint density at radius 3 is 2.73 bits per heavy atom. The molecule has 0 saturated heterocycles. The minimum atomic E-state index is 0.0972. The number of nitrogens with two attached hydrogens (primary N) is 1. The van der Waals surface area contributed by atoms with Crippen molar-refractivity contribution in [2.45, 2.75) is 39.7 Å². The quantitative estimate of drug-likeness (QED) is 0.569. The van der Waals surface area contributed by atoms with Gasteiger partial charge in [-0.25, -0.2) is 10.8 Å². The third-order valence-corrected chi connectivity index (χ3v) is 1.73. The van der Waals surface area contributed by atoms with Crippen LogP contribution in [0.4, 0.5) is 5.82 Å². The van der Waals surface area contributed by atoms with Crippen LogP contribution >= 0.6 is 0 Å². The molecule has 0 unspecified atom stereocenters. The first kappa shape index (κ1) is 11.7. The van der Waals surface area contributed by atoms with Crippen LogP contribution in [0.2, 0.25) is 0 Å². The van der Waals surface area contributed by atoms with Crippen molar-refractivity contribution in [2.75, 3.05) is 5.43 Å². The maximum atomic E-state index is 5.50. The molecule has 0 aliphatic heterocycles. The lowest BCUT2D eigenvalue weighted by atomic mass is 10.3. The van der Waals surface area contributed by atoms with Crippen molar-refractivity contribution in [1.29, 1.82) is 0 Å². The fraction of sp³-hybridized carbons (Fsp3) is 0.600. The lowest BCUT2D eigenvalue weighted by Crippen LogP contribution is -2.13. The van der Waals surface area contributed by atoms with E-state index in [-0.39, 0.29) is 6.10 Å². The van der Waals surface area contributed by atoms with Gasteiger partial charge in [-0.2, -0.15) is 4.98 Å². The molecule has 0 amide bonds. The van der Waals surface area contributed by atoms with Gasteiger partial charge in [0.05, 0.1) is 6.10 Å². The average Bonchev–Trinajstić information content (AvgIpc) is 2.16. The van der Waals surface area contributed by atoms with Crippen LogP contribution < -0.4 is 16.0 Å². The highest BCUT2D eigenvalue weighted by molar-refractivity contribution is 5.37. The fourth-order valence-electron chi connectivity index (χ4n) is 1.18. The molecular formula is C10H18N4O. The Hall–Kier alpha value is -1.36. The first-order valence-corrected chi connectivity index (χ1v) is 5.17. The van der Waals surface area contributed by atoms with Crippen LogP contribution in [0.5, 0.6) is 5.88 Å². The summed E-state index contributed by atoms with van der Waals surface area (Å²) in [4.78, 5) is 8.50. The summed E-state index contributed by atoms with van der Waals surface area (Å²) in [5, 5.41) is 0. The van der Waals surface area contributed by atoms with E-state index in [1.54, 1.807) is 6.07 Å². The van der Waals surface area contributed by atoms with Crippen molar-refractivity contribution in [3.8, 4) is 5.88 Å². The molecule has 0 aliphatic carbocycles. The van der Waals surface area contributed by atoms with E-state index in [0.717, 1.165) is 18.7 Å². The number of ether oxygens (including phenoxy) is 1. The predicted molar refractivity (Wildman–Crippen MR) is 59.6 cm³/mol. The molecule has 0 atom stereocenters. The van der Waals surface area contributed by atoms with Crippen LogP contribution in [0.25, 0.3) is 0 Å².